The quantitative estimate of drug-likeness (QED) is 0.270. The summed E-state index contributed by atoms with van der Waals surface area (Å²) in [6, 6.07) is 7.24. The second-order valence-electron chi connectivity index (χ2n) is 6.67. The molecular formula is C18H42O2Si2. The Balaban J connectivity index is 5.37. The van der Waals surface area contributed by atoms with Gasteiger partial charge in [-0.1, -0.05) is 55.4 Å². The molecule has 134 valence electrons. The first-order chi connectivity index (χ1) is 10.5. The van der Waals surface area contributed by atoms with Gasteiger partial charge in [-0.25, -0.2) is 0 Å². The van der Waals surface area contributed by atoms with E-state index in [1.165, 1.54) is 36.3 Å². The van der Waals surface area contributed by atoms with Gasteiger partial charge >= 0.3 is 0 Å². The molecule has 0 saturated heterocycles. The van der Waals surface area contributed by atoms with Gasteiger partial charge in [-0.15, -0.1) is 0 Å². The molecule has 0 rings (SSSR count). The van der Waals surface area contributed by atoms with E-state index in [0.29, 0.717) is 5.92 Å². The summed E-state index contributed by atoms with van der Waals surface area (Å²) >= 11 is 0. The van der Waals surface area contributed by atoms with Crippen molar-refractivity contribution in [1.82, 2.24) is 0 Å². The zero-order valence-corrected chi connectivity index (χ0v) is 18.6. The summed E-state index contributed by atoms with van der Waals surface area (Å²) in [5.41, 5.74) is 0. The van der Waals surface area contributed by atoms with Crippen molar-refractivity contribution in [2.75, 3.05) is 0 Å². The van der Waals surface area contributed by atoms with Crippen LogP contribution in [0, 0.1) is 5.92 Å². The molecule has 22 heavy (non-hydrogen) atoms. The van der Waals surface area contributed by atoms with Gasteiger partial charge in [0.1, 0.15) is 6.29 Å². The van der Waals surface area contributed by atoms with Crippen LogP contribution in [0.4, 0.5) is 0 Å². The first-order valence-electron chi connectivity index (χ1n) is 9.81. The molecule has 0 saturated carbocycles. The molecule has 0 aliphatic carbocycles. The third kappa shape index (κ3) is 5.77. The molecule has 0 heterocycles. The maximum Gasteiger partial charge on any atom is 0.195 e. The van der Waals surface area contributed by atoms with Gasteiger partial charge in [0.25, 0.3) is 0 Å². The van der Waals surface area contributed by atoms with E-state index in [4.69, 9.17) is 8.85 Å². The average Bonchev–Trinajstić information content (AvgIpc) is 2.58. The number of hydrogen-bond acceptors (Lipinski definition) is 2. The molecule has 0 aliphatic rings. The minimum atomic E-state index is -1.62. The fourth-order valence-corrected chi connectivity index (χ4v) is 8.95. The molecule has 0 N–H and O–H groups in total. The van der Waals surface area contributed by atoms with Gasteiger partial charge in [-0.05, 0) is 49.1 Å². The molecule has 2 nitrogen and oxygen atoms in total. The average molecular weight is 347 g/mol. The number of hydrogen-bond donors (Lipinski definition) is 0. The topological polar surface area (TPSA) is 18.5 Å². The Morgan fingerprint density at radius 1 is 0.545 bits per heavy atom. The first kappa shape index (κ1) is 22.4. The van der Waals surface area contributed by atoms with Gasteiger partial charge in [-0.3, -0.25) is 0 Å². The van der Waals surface area contributed by atoms with Crippen LogP contribution >= 0.6 is 0 Å². The fraction of sp³-hybridized carbons (Fsp3) is 1.00. The van der Waals surface area contributed by atoms with Gasteiger partial charge < -0.3 is 8.85 Å². The zero-order chi connectivity index (χ0) is 17.2. The molecule has 0 radical (unpaired) electrons. The Labute approximate surface area is 142 Å². The summed E-state index contributed by atoms with van der Waals surface area (Å²) in [7, 11) is -3.23. The largest absolute Gasteiger partial charge is 0.393 e. The highest BCUT2D eigenvalue weighted by Crippen LogP contribution is 2.33. The Morgan fingerprint density at radius 3 is 1.00 bits per heavy atom. The molecule has 0 fully saturated rings. The highest BCUT2D eigenvalue weighted by molar-refractivity contribution is 6.74. The van der Waals surface area contributed by atoms with Crippen LogP contribution in [0.15, 0.2) is 0 Å². The van der Waals surface area contributed by atoms with Crippen molar-refractivity contribution in [3.63, 3.8) is 0 Å². The van der Waals surface area contributed by atoms with E-state index in [1.54, 1.807) is 0 Å². The summed E-state index contributed by atoms with van der Waals surface area (Å²) in [5, 5.41) is 0. The van der Waals surface area contributed by atoms with Crippen LogP contribution in [0.5, 0.6) is 0 Å². The van der Waals surface area contributed by atoms with Crippen molar-refractivity contribution in [2.45, 2.75) is 111 Å². The van der Waals surface area contributed by atoms with Crippen molar-refractivity contribution >= 4 is 16.6 Å². The minimum absolute atomic E-state index is 0.0491. The lowest BCUT2D eigenvalue weighted by Gasteiger charge is -2.41. The van der Waals surface area contributed by atoms with Crippen molar-refractivity contribution in [2.24, 2.45) is 5.92 Å². The van der Waals surface area contributed by atoms with E-state index in [-0.39, 0.29) is 6.29 Å². The smallest absolute Gasteiger partial charge is 0.195 e. The summed E-state index contributed by atoms with van der Waals surface area (Å²) in [4.78, 5) is 0. The van der Waals surface area contributed by atoms with E-state index < -0.39 is 16.6 Å². The summed E-state index contributed by atoms with van der Waals surface area (Å²) < 4.78 is 13.7. The third-order valence-corrected chi connectivity index (χ3v) is 15.2. The second-order valence-corrected chi connectivity index (χ2v) is 16.1. The minimum Gasteiger partial charge on any atom is -0.393 e. The molecule has 4 heteroatoms. The normalized spacial score (nSPS) is 13.4. The van der Waals surface area contributed by atoms with Crippen LogP contribution in [0.2, 0.25) is 36.3 Å². The maximum absolute atomic E-state index is 6.84. The van der Waals surface area contributed by atoms with Gasteiger partial charge in [0.05, 0.1) is 0 Å². The van der Waals surface area contributed by atoms with Crippen LogP contribution in [0.25, 0.3) is 0 Å². The van der Waals surface area contributed by atoms with E-state index in [0.717, 1.165) is 12.8 Å². The SMILES string of the molecule is CCC(CC)C(O[Si](CC)(CC)CC)O[Si](CC)(CC)CC. The third-order valence-electron chi connectivity index (χ3n) is 6.03. The van der Waals surface area contributed by atoms with Gasteiger partial charge in [-0.2, -0.15) is 0 Å². The Kier molecular flexibility index (Phi) is 11.2. The Bertz CT molecular complexity index is 234. The van der Waals surface area contributed by atoms with Gasteiger partial charge in [0, 0.05) is 5.92 Å². The zero-order valence-electron chi connectivity index (χ0n) is 16.6. The molecule has 0 aliphatic heterocycles. The highest BCUT2D eigenvalue weighted by Gasteiger charge is 2.39. The lowest BCUT2D eigenvalue weighted by molar-refractivity contribution is -0.0604. The van der Waals surface area contributed by atoms with E-state index in [9.17, 15) is 0 Å². The second kappa shape index (κ2) is 11.0. The van der Waals surface area contributed by atoms with Crippen molar-refractivity contribution < 1.29 is 8.85 Å². The van der Waals surface area contributed by atoms with Gasteiger partial charge in [0.15, 0.2) is 16.6 Å². The van der Waals surface area contributed by atoms with Crippen LogP contribution in [0.3, 0.4) is 0 Å². The molecule has 0 aromatic rings. The molecule has 0 amide bonds. The Morgan fingerprint density at radius 2 is 0.818 bits per heavy atom. The van der Waals surface area contributed by atoms with E-state index in [2.05, 4.69) is 55.4 Å². The Hall–Kier alpha value is 0.354. The summed E-state index contributed by atoms with van der Waals surface area (Å²) in [6.45, 7) is 18.4. The van der Waals surface area contributed by atoms with E-state index in [1.807, 2.05) is 0 Å². The molecule has 0 unspecified atom stereocenters. The lowest BCUT2D eigenvalue weighted by atomic mass is 10.0. The predicted octanol–water partition coefficient (Wildman–Crippen LogP) is 6.79. The highest BCUT2D eigenvalue weighted by atomic mass is 28.4. The number of rotatable bonds is 13. The fourth-order valence-electron chi connectivity index (χ4n) is 3.38. The monoisotopic (exact) mass is 346 g/mol. The van der Waals surface area contributed by atoms with Crippen LogP contribution < -0.4 is 0 Å². The molecule has 0 bridgehead atoms. The molecule has 0 aromatic carbocycles. The summed E-state index contributed by atoms with van der Waals surface area (Å²) in [5.74, 6) is 0.549. The van der Waals surface area contributed by atoms with E-state index >= 15 is 0 Å². The molecular weight excluding hydrogens is 304 g/mol. The van der Waals surface area contributed by atoms with Crippen LogP contribution in [0.1, 0.15) is 68.2 Å². The molecule has 0 atom stereocenters. The first-order valence-corrected chi connectivity index (χ1v) is 14.9. The van der Waals surface area contributed by atoms with Crippen molar-refractivity contribution in [3.8, 4) is 0 Å². The maximum atomic E-state index is 6.84. The predicted molar refractivity (Wildman–Crippen MR) is 104 cm³/mol. The van der Waals surface area contributed by atoms with Gasteiger partial charge in [0.2, 0.25) is 0 Å². The van der Waals surface area contributed by atoms with Crippen LogP contribution in [-0.2, 0) is 8.85 Å². The summed E-state index contributed by atoms with van der Waals surface area (Å²) in [6.07, 6.45) is 2.36. The molecule has 0 aromatic heterocycles. The van der Waals surface area contributed by atoms with Crippen LogP contribution in [-0.4, -0.2) is 22.9 Å². The lowest BCUT2D eigenvalue weighted by Crippen LogP contribution is -2.49. The molecule has 0 spiro atoms. The van der Waals surface area contributed by atoms with Crippen molar-refractivity contribution in [1.29, 1.82) is 0 Å². The van der Waals surface area contributed by atoms with Crippen molar-refractivity contribution in [3.05, 3.63) is 0 Å². The standard InChI is InChI=1S/C18H42O2Si2/c1-9-17(10-2)18(19-21(11-3,12-4)13-5)20-22(14-6,15-7)16-8/h17-18H,9-16H2,1-8H3.